The highest BCUT2D eigenvalue weighted by Gasteiger charge is 2.45. The molecule has 7 rings (SSSR count). The third-order valence-electron chi connectivity index (χ3n) is 7.92. The van der Waals surface area contributed by atoms with E-state index in [1.54, 1.807) is 0 Å². The van der Waals surface area contributed by atoms with Crippen LogP contribution in [0.15, 0.2) is 125 Å². The van der Waals surface area contributed by atoms with Gasteiger partial charge >= 0.3 is 0 Å². The predicted molar refractivity (Wildman–Crippen MR) is 155 cm³/mol. The molecule has 2 heterocycles. The first-order chi connectivity index (χ1) is 17.6. The van der Waals surface area contributed by atoms with Crippen molar-refractivity contribution in [3.05, 3.63) is 147 Å². The summed E-state index contributed by atoms with van der Waals surface area (Å²) in [6.45, 7) is 4.36. The van der Waals surface area contributed by atoms with Gasteiger partial charge in [0.05, 0.1) is 22.1 Å². The lowest BCUT2D eigenvalue weighted by Gasteiger charge is -2.42. The van der Waals surface area contributed by atoms with Gasteiger partial charge < -0.3 is 4.57 Å². The second-order valence-corrected chi connectivity index (χ2v) is 10.9. The number of benzene rings is 4. The number of hydrogen-bond acceptors (Lipinski definition) is 0. The zero-order chi connectivity index (χ0) is 24.4. The Morgan fingerprint density at radius 2 is 1.56 bits per heavy atom. The Kier molecular flexibility index (Phi) is 4.78. The molecule has 0 N–H and O–H groups in total. The molecule has 1 aliphatic heterocycles. The maximum atomic E-state index is 3.72. The molecule has 1 aromatic heterocycles. The molecule has 2 heteroatoms. The molecule has 2 aliphatic rings. The fourth-order valence-corrected chi connectivity index (χ4v) is 6.69. The molecule has 4 aromatic carbocycles. The third-order valence-corrected chi connectivity index (χ3v) is 8.42. The van der Waals surface area contributed by atoms with Crippen LogP contribution < -0.4 is 0 Å². The van der Waals surface area contributed by atoms with E-state index in [-0.39, 0.29) is 0 Å². The van der Waals surface area contributed by atoms with Crippen molar-refractivity contribution in [3.8, 4) is 5.69 Å². The minimum absolute atomic E-state index is 0.416. The minimum atomic E-state index is -0.416. The highest BCUT2D eigenvalue weighted by molar-refractivity contribution is 9.10. The van der Waals surface area contributed by atoms with E-state index >= 15 is 0 Å². The standard InChI is InChI=1S/C34H26BrN/c1-22-7-5-8-24(16-13-22)34(25-17-14-23(2)15-18-25)29-10-3-4-12-32(29)36-31-20-19-26(35)21-28(31)27-9-6-11-30(34)33(27)36/h3-4,6-21H,5H2,1-2H3. The van der Waals surface area contributed by atoms with Gasteiger partial charge in [0, 0.05) is 15.2 Å². The Hall–Kier alpha value is -3.62. The summed E-state index contributed by atoms with van der Waals surface area (Å²) in [6.07, 6.45) is 10.3. The van der Waals surface area contributed by atoms with Gasteiger partial charge in [-0.25, -0.2) is 0 Å². The quantitative estimate of drug-likeness (QED) is 0.215. The molecule has 174 valence electrons. The largest absolute Gasteiger partial charge is 0.309 e. The maximum Gasteiger partial charge on any atom is 0.0739 e. The van der Waals surface area contributed by atoms with Gasteiger partial charge in [-0.15, -0.1) is 0 Å². The van der Waals surface area contributed by atoms with E-state index in [9.17, 15) is 0 Å². The molecule has 5 aromatic rings. The summed E-state index contributed by atoms with van der Waals surface area (Å²) in [6, 6.07) is 31.7. The second-order valence-electron chi connectivity index (χ2n) is 10.0. The monoisotopic (exact) mass is 527 g/mol. The Morgan fingerprint density at radius 3 is 2.42 bits per heavy atom. The molecule has 0 bridgehead atoms. The number of allylic oxidation sites excluding steroid dienone is 6. The van der Waals surface area contributed by atoms with Crippen LogP contribution >= 0.6 is 15.9 Å². The topological polar surface area (TPSA) is 4.93 Å². The van der Waals surface area contributed by atoms with Gasteiger partial charge in [0.15, 0.2) is 0 Å². The molecule has 1 unspecified atom stereocenters. The van der Waals surface area contributed by atoms with Crippen LogP contribution in [0.25, 0.3) is 27.5 Å². The lowest BCUT2D eigenvalue weighted by molar-refractivity contribution is 0.723. The number of nitrogens with zero attached hydrogens (tertiary/aromatic N) is 1. The van der Waals surface area contributed by atoms with Crippen LogP contribution in [0.3, 0.4) is 0 Å². The highest BCUT2D eigenvalue weighted by Crippen LogP contribution is 2.55. The number of hydrogen-bond donors (Lipinski definition) is 0. The lowest BCUT2D eigenvalue weighted by atomic mass is 9.62. The summed E-state index contributed by atoms with van der Waals surface area (Å²) in [5.41, 5.74) is 11.3. The molecule has 0 saturated heterocycles. The first-order valence-corrected chi connectivity index (χ1v) is 13.3. The molecule has 36 heavy (non-hydrogen) atoms. The van der Waals surface area contributed by atoms with E-state index in [1.807, 2.05) is 0 Å². The van der Waals surface area contributed by atoms with E-state index in [1.165, 1.54) is 60.9 Å². The highest BCUT2D eigenvalue weighted by atomic mass is 79.9. The van der Waals surface area contributed by atoms with Crippen LogP contribution in [0, 0.1) is 6.92 Å². The molecule has 0 saturated carbocycles. The van der Waals surface area contributed by atoms with Gasteiger partial charge in [0.1, 0.15) is 0 Å². The molecule has 0 fully saturated rings. The summed E-state index contributed by atoms with van der Waals surface area (Å²) >= 11 is 3.72. The molecule has 1 nitrogen and oxygen atoms in total. The molecule has 0 spiro atoms. The van der Waals surface area contributed by atoms with Crippen LogP contribution in [-0.4, -0.2) is 4.57 Å². The lowest BCUT2D eigenvalue weighted by Crippen LogP contribution is -2.35. The Balaban J connectivity index is 1.72. The molecule has 1 aliphatic carbocycles. The summed E-state index contributed by atoms with van der Waals surface area (Å²) < 4.78 is 3.59. The van der Waals surface area contributed by atoms with E-state index < -0.39 is 5.41 Å². The molecular weight excluding hydrogens is 502 g/mol. The van der Waals surface area contributed by atoms with Gasteiger partial charge in [-0.2, -0.15) is 0 Å². The van der Waals surface area contributed by atoms with Crippen molar-refractivity contribution in [3.63, 3.8) is 0 Å². The second kappa shape index (κ2) is 7.94. The number of fused-ring (bicyclic) bond motifs is 5. The number of aromatic nitrogens is 1. The van der Waals surface area contributed by atoms with E-state index in [4.69, 9.17) is 0 Å². The Bertz CT molecular complexity index is 1780. The fourth-order valence-electron chi connectivity index (χ4n) is 6.32. The minimum Gasteiger partial charge on any atom is -0.309 e. The summed E-state index contributed by atoms with van der Waals surface area (Å²) in [7, 11) is 0. The van der Waals surface area contributed by atoms with Crippen LogP contribution in [-0.2, 0) is 5.41 Å². The van der Waals surface area contributed by atoms with Gasteiger partial charge in [-0.05, 0) is 66.8 Å². The first-order valence-electron chi connectivity index (χ1n) is 12.5. The molecule has 0 amide bonds. The molecule has 1 atom stereocenters. The first kappa shape index (κ1) is 21.6. The fraction of sp³-hybridized carbons (Fsp3) is 0.118. The third kappa shape index (κ3) is 2.88. The van der Waals surface area contributed by atoms with E-state index in [0.29, 0.717) is 0 Å². The summed E-state index contributed by atoms with van der Waals surface area (Å²) in [5, 5.41) is 2.57. The maximum absolute atomic E-state index is 3.72. The van der Waals surface area contributed by atoms with E-state index in [2.05, 4.69) is 144 Å². The van der Waals surface area contributed by atoms with Gasteiger partial charge in [0.25, 0.3) is 0 Å². The van der Waals surface area contributed by atoms with Crippen molar-refractivity contribution < 1.29 is 0 Å². The van der Waals surface area contributed by atoms with Crippen LogP contribution in [0.5, 0.6) is 0 Å². The zero-order valence-corrected chi connectivity index (χ0v) is 22.0. The van der Waals surface area contributed by atoms with Crippen molar-refractivity contribution in [2.45, 2.75) is 25.7 Å². The van der Waals surface area contributed by atoms with Gasteiger partial charge in [-0.1, -0.05) is 112 Å². The Labute approximate surface area is 220 Å². The average molecular weight is 528 g/mol. The molecule has 0 radical (unpaired) electrons. The van der Waals surface area contributed by atoms with Crippen molar-refractivity contribution in [1.29, 1.82) is 0 Å². The van der Waals surface area contributed by atoms with Crippen LogP contribution in [0.2, 0.25) is 0 Å². The Morgan fingerprint density at radius 1 is 0.750 bits per heavy atom. The predicted octanol–water partition coefficient (Wildman–Crippen LogP) is 9.34. The van der Waals surface area contributed by atoms with Crippen molar-refractivity contribution >= 4 is 37.7 Å². The van der Waals surface area contributed by atoms with Gasteiger partial charge in [-0.3, -0.25) is 0 Å². The normalized spacial score (nSPS) is 18.6. The van der Waals surface area contributed by atoms with Crippen molar-refractivity contribution in [2.24, 2.45) is 0 Å². The smallest absolute Gasteiger partial charge is 0.0739 e. The number of rotatable bonds is 2. The van der Waals surface area contributed by atoms with Crippen molar-refractivity contribution in [1.82, 2.24) is 4.57 Å². The summed E-state index contributed by atoms with van der Waals surface area (Å²) in [5.74, 6) is 0. The van der Waals surface area contributed by atoms with Gasteiger partial charge in [0.2, 0.25) is 0 Å². The van der Waals surface area contributed by atoms with Crippen LogP contribution in [0.1, 0.15) is 35.6 Å². The number of halogens is 1. The number of aryl methyl sites for hydroxylation is 1. The summed E-state index contributed by atoms with van der Waals surface area (Å²) in [4.78, 5) is 0. The van der Waals surface area contributed by atoms with E-state index in [0.717, 1.165) is 10.9 Å². The van der Waals surface area contributed by atoms with Crippen molar-refractivity contribution in [2.75, 3.05) is 0 Å². The SMILES string of the molecule is CC1=CCC=C(C2(c3ccc(C)cc3)c3ccccc3-n3c4ccc(Br)cc4c4cccc2c43)C=C1. The average Bonchev–Trinajstić information content (AvgIpc) is 3.05. The zero-order valence-electron chi connectivity index (χ0n) is 20.4. The molecular formula is C34H26BrN. The number of para-hydroxylation sites is 2. The van der Waals surface area contributed by atoms with Crippen LogP contribution in [0.4, 0.5) is 0 Å².